The number of methoxy groups -OCH3 is 1. The molecular weight excluding hydrogens is 446 g/mol. The van der Waals surface area contributed by atoms with Gasteiger partial charge in [0.05, 0.1) is 29.2 Å². The van der Waals surface area contributed by atoms with E-state index < -0.39 is 17.0 Å². The molecule has 3 aliphatic rings. The summed E-state index contributed by atoms with van der Waals surface area (Å²) >= 11 is 0. The second-order valence-corrected chi connectivity index (χ2v) is 9.16. The predicted molar refractivity (Wildman–Crippen MR) is 131 cm³/mol. The highest BCUT2D eigenvalue weighted by Gasteiger charge is 2.44. The zero-order valence-corrected chi connectivity index (χ0v) is 19.5. The van der Waals surface area contributed by atoms with Gasteiger partial charge in [0.25, 0.3) is 5.69 Å². The van der Waals surface area contributed by atoms with Crippen LogP contribution in [0.3, 0.4) is 0 Å². The minimum atomic E-state index is -0.538. The van der Waals surface area contributed by atoms with E-state index in [2.05, 4.69) is 16.5 Å². The molecule has 0 radical (unpaired) electrons. The number of non-ortho nitro benzene ring substituents is 1. The van der Waals surface area contributed by atoms with E-state index in [4.69, 9.17) is 9.47 Å². The van der Waals surface area contributed by atoms with E-state index in [0.29, 0.717) is 17.6 Å². The third-order valence-electron chi connectivity index (χ3n) is 7.34. The SMILES string of the molecule is C=C[C@H]1CN2CC[C@H]1C[C@H]2[C@@H](OC(=O)c1ccc([N+](=O)[O-])cc1)c1ccnc2ccc(OC)cc12. The van der Waals surface area contributed by atoms with E-state index in [1.54, 1.807) is 13.3 Å². The van der Waals surface area contributed by atoms with E-state index in [1.165, 1.54) is 24.3 Å². The normalized spacial score (nSPS) is 24.0. The van der Waals surface area contributed by atoms with Crippen molar-refractivity contribution in [3.05, 3.63) is 88.6 Å². The molecule has 1 unspecified atom stereocenters. The molecule has 0 N–H and O–H groups in total. The van der Waals surface area contributed by atoms with Crippen LogP contribution in [0, 0.1) is 22.0 Å². The van der Waals surface area contributed by atoms with E-state index in [9.17, 15) is 14.9 Å². The van der Waals surface area contributed by atoms with Gasteiger partial charge in [0.15, 0.2) is 0 Å². The van der Waals surface area contributed by atoms with Gasteiger partial charge in [0, 0.05) is 35.8 Å². The molecule has 0 saturated carbocycles. The summed E-state index contributed by atoms with van der Waals surface area (Å²) < 4.78 is 11.7. The predicted octanol–water partition coefficient (Wildman–Crippen LogP) is 4.95. The molecule has 8 nitrogen and oxygen atoms in total. The molecular formula is C27H27N3O5. The Hall–Kier alpha value is -3.78. The van der Waals surface area contributed by atoms with Crippen molar-refractivity contribution in [3.8, 4) is 5.75 Å². The maximum atomic E-state index is 13.3. The van der Waals surface area contributed by atoms with Crippen LogP contribution in [0.1, 0.15) is 34.9 Å². The van der Waals surface area contributed by atoms with Gasteiger partial charge >= 0.3 is 5.97 Å². The average molecular weight is 474 g/mol. The number of nitrogens with zero attached hydrogens (tertiary/aromatic N) is 3. The number of hydrogen-bond acceptors (Lipinski definition) is 7. The molecule has 35 heavy (non-hydrogen) atoms. The number of benzene rings is 2. The van der Waals surface area contributed by atoms with Crippen molar-refractivity contribution in [1.82, 2.24) is 9.88 Å². The van der Waals surface area contributed by atoms with Gasteiger partial charge in [0.2, 0.25) is 0 Å². The second kappa shape index (κ2) is 9.46. The number of esters is 1. The van der Waals surface area contributed by atoms with Crippen molar-refractivity contribution in [1.29, 1.82) is 0 Å². The molecule has 3 saturated heterocycles. The first kappa shape index (κ1) is 23.0. The van der Waals surface area contributed by atoms with Crippen LogP contribution in [0.15, 0.2) is 67.4 Å². The van der Waals surface area contributed by atoms with Gasteiger partial charge in [-0.25, -0.2) is 4.79 Å². The van der Waals surface area contributed by atoms with Crippen molar-refractivity contribution in [2.75, 3.05) is 20.2 Å². The van der Waals surface area contributed by atoms with Crippen molar-refractivity contribution < 1.29 is 19.2 Å². The zero-order valence-electron chi connectivity index (χ0n) is 19.5. The van der Waals surface area contributed by atoms with Crippen LogP contribution in [0.25, 0.3) is 10.9 Å². The van der Waals surface area contributed by atoms with Gasteiger partial charge in [-0.1, -0.05) is 6.08 Å². The van der Waals surface area contributed by atoms with Gasteiger partial charge in [0.1, 0.15) is 11.9 Å². The number of carbonyl (C=O) groups excluding carboxylic acids is 1. The number of aromatic nitrogens is 1. The largest absolute Gasteiger partial charge is 0.497 e. The van der Waals surface area contributed by atoms with E-state index in [1.807, 2.05) is 30.3 Å². The number of nitro benzene ring substituents is 1. The zero-order chi connectivity index (χ0) is 24.5. The Morgan fingerprint density at radius 3 is 2.71 bits per heavy atom. The van der Waals surface area contributed by atoms with Crippen LogP contribution in [0.4, 0.5) is 5.69 Å². The summed E-state index contributed by atoms with van der Waals surface area (Å²) in [6.07, 6.45) is 5.23. The molecule has 4 heterocycles. The number of rotatable bonds is 7. The van der Waals surface area contributed by atoms with Crippen LogP contribution >= 0.6 is 0 Å². The molecule has 0 amide bonds. The van der Waals surface area contributed by atoms with Crippen molar-refractivity contribution in [2.45, 2.75) is 25.0 Å². The summed E-state index contributed by atoms with van der Waals surface area (Å²) in [5, 5.41) is 11.9. The molecule has 0 aliphatic carbocycles. The minimum absolute atomic E-state index is 0.00347. The lowest BCUT2D eigenvalue weighted by atomic mass is 9.73. The molecule has 1 aromatic heterocycles. The first-order valence-electron chi connectivity index (χ1n) is 11.7. The number of ether oxygens (including phenoxy) is 2. The Morgan fingerprint density at radius 1 is 1.26 bits per heavy atom. The minimum Gasteiger partial charge on any atom is -0.497 e. The highest BCUT2D eigenvalue weighted by molar-refractivity contribution is 5.90. The summed E-state index contributed by atoms with van der Waals surface area (Å²) in [5.41, 5.74) is 1.87. The summed E-state index contributed by atoms with van der Waals surface area (Å²) in [6, 6.07) is 13.1. The van der Waals surface area contributed by atoms with Gasteiger partial charge in [-0.05, 0) is 67.6 Å². The summed E-state index contributed by atoms with van der Waals surface area (Å²) in [5.74, 6) is 1.11. The van der Waals surface area contributed by atoms with Crippen molar-refractivity contribution >= 4 is 22.6 Å². The molecule has 3 aromatic rings. The maximum Gasteiger partial charge on any atom is 0.338 e. The summed E-state index contributed by atoms with van der Waals surface area (Å²) in [4.78, 5) is 30.7. The van der Waals surface area contributed by atoms with Crippen LogP contribution in [-0.2, 0) is 4.74 Å². The second-order valence-electron chi connectivity index (χ2n) is 9.16. The molecule has 6 rings (SSSR count). The molecule has 5 atom stereocenters. The van der Waals surface area contributed by atoms with Gasteiger partial charge in [-0.15, -0.1) is 6.58 Å². The quantitative estimate of drug-likeness (QED) is 0.207. The van der Waals surface area contributed by atoms with Crippen LogP contribution < -0.4 is 4.74 Å². The molecule has 0 spiro atoms. The Kier molecular flexibility index (Phi) is 6.21. The lowest BCUT2D eigenvalue weighted by Crippen LogP contribution is -2.55. The van der Waals surface area contributed by atoms with Gasteiger partial charge < -0.3 is 9.47 Å². The van der Waals surface area contributed by atoms with Gasteiger partial charge in [-0.3, -0.25) is 20.0 Å². The monoisotopic (exact) mass is 473 g/mol. The number of carbonyl (C=O) groups is 1. The first-order valence-corrected chi connectivity index (χ1v) is 11.7. The first-order chi connectivity index (χ1) is 17.0. The highest BCUT2D eigenvalue weighted by Crippen LogP contribution is 2.44. The molecule has 3 aliphatic heterocycles. The summed E-state index contributed by atoms with van der Waals surface area (Å²) in [7, 11) is 1.62. The molecule has 3 fully saturated rings. The lowest BCUT2D eigenvalue weighted by Gasteiger charge is -2.51. The van der Waals surface area contributed by atoms with E-state index in [-0.39, 0.29) is 17.3 Å². The maximum absolute atomic E-state index is 13.3. The molecule has 2 bridgehead atoms. The lowest BCUT2D eigenvalue weighted by molar-refractivity contribution is -0.384. The fraction of sp³-hybridized carbons (Fsp3) is 0.333. The van der Waals surface area contributed by atoms with E-state index in [0.717, 1.165) is 42.4 Å². The Labute approximate surface area is 203 Å². The number of pyridine rings is 1. The van der Waals surface area contributed by atoms with Crippen molar-refractivity contribution in [3.63, 3.8) is 0 Å². The average Bonchev–Trinajstić information content (AvgIpc) is 2.91. The number of fused-ring (bicyclic) bond motifs is 4. The molecule has 2 aromatic carbocycles. The Bertz CT molecular complexity index is 1280. The Balaban J connectivity index is 1.54. The molecule has 180 valence electrons. The smallest absolute Gasteiger partial charge is 0.338 e. The van der Waals surface area contributed by atoms with Crippen molar-refractivity contribution in [2.24, 2.45) is 11.8 Å². The highest BCUT2D eigenvalue weighted by atomic mass is 16.6. The topological polar surface area (TPSA) is 94.8 Å². The Morgan fingerprint density at radius 2 is 2.06 bits per heavy atom. The standard InChI is InChI=1S/C27H27N3O5/c1-3-17-16-29-13-11-19(17)14-25(29)26(35-27(31)18-4-6-20(7-5-18)30(32)33)22-10-12-28-24-9-8-21(34-2)15-23(22)24/h3-10,12,15,17,19,25-26H,1,11,13-14,16H2,2H3/t17-,19-,25-,26-/m0/s1. The van der Waals surface area contributed by atoms with E-state index >= 15 is 0 Å². The van der Waals surface area contributed by atoms with Gasteiger partial charge in [-0.2, -0.15) is 0 Å². The fourth-order valence-electron chi connectivity index (χ4n) is 5.47. The van der Waals surface area contributed by atoms with Crippen LogP contribution in [0.5, 0.6) is 5.75 Å². The third-order valence-corrected chi connectivity index (χ3v) is 7.34. The fourth-order valence-corrected chi connectivity index (χ4v) is 5.47. The third kappa shape index (κ3) is 4.37. The summed E-state index contributed by atoms with van der Waals surface area (Å²) in [6.45, 7) is 5.84. The number of hydrogen-bond donors (Lipinski definition) is 0. The van der Waals surface area contributed by atoms with Crippen LogP contribution in [0.2, 0.25) is 0 Å². The molecule has 8 heteroatoms. The van der Waals surface area contributed by atoms with Crippen LogP contribution in [-0.4, -0.2) is 47.0 Å². The number of piperidine rings is 3. The number of nitro groups is 1.